The van der Waals surface area contributed by atoms with Gasteiger partial charge in [0.15, 0.2) is 6.61 Å². The minimum atomic E-state index is -0.548. The summed E-state index contributed by atoms with van der Waals surface area (Å²) in [7, 11) is 1.33. The molecule has 2 aromatic rings. The third-order valence-corrected chi connectivity index (χ3v) is 3.14. The first-order valence-corrected chi connectivity index (χ1v) is 6.82. The number of nitrogens with zero attached hydrogens (tertiary/aromatic N) is 1. The number of carbonyl (C=O) groups is 1. The Morgan fingerprint density at radius 2 is 2.00 bits per heavy atom. The van der Waals surface area contributed by atoms with Gasteiger partial charge in [0.05, 0.1) is 12.0 Å². The molecule has 0 saturated heterocycles. The molecule has 0 aliphatic heterocycles. The lowest BCUT2D eigenvalue weighted by Gasteiger charge is -2.10. The number of hydrogen-bond donors (Lipinski definition) is 1. The molecule has 0 heterocycles. The van der Waals surface area contributed by atoms with Crippen molar-refractivity contribution in [3.63, 3.8) is 0 Å². The standard InChI is InChI=1S/C16H16N2O5/c1-11-5-3-4-6-13(11)17-16(19)10-23-12-7-8-14(18(20)21)15(9-12)22-2/h3-9H,10H2,1-2H3,(H,17,19). The molecule has 0 saturated carbocycles. The first kappa shape index (κ1) is 16.3. The number of hydrogen-bond acceptors (Lipinski definition) is 5. The second-order valence-corrected chi connectivity index (χ2v) is 4.74. The van der Waals surface area contributed by atoms with E-state index in [1.165, 1.54) is 25.3 Å². The molecule has 0 aliphatic carbocycles. The number of aryl methyl sites for hydroxylation is 1. The monoisotopic (exact) mass is 316 g/mol. The van der Waals surface area contributed by atoms with Crippen molar-refractivity contribution in [3.05, 3.63) is 58.1 Å². The fourth-order valence-electron chi connectivity index (χ4n) is 1.95. The van der Waals surface area contributed by atoms with Gasteiger partial charge in [0, 0.05) is 17.8 Å². The zero-order chi connectivity index (χ0) is 16.8. The van der Waals surface area contributed by atoms with Crippen LogP contribution in [0.4, 0.5) is 11.4 Å². The molecule has 23 heavy (non-hydrogen) atoms. The molecule has 2 aromatic carbocycles. The van der Waals surface area contributed by atoms with Gasteiger partial charge in [0.1, 0.15) is 5.75 Å². The number of nitro benzene ring substituents is 1. The maximum Gasteiger partial charge on any atom is 0.311 e. The normalized spacial score (nSPS) is 10.0. The van der Waals surface area contributed by atoms with E-state index < -0.39 is 4.92 Å². The number of para-hydroxylation sites is 1. The SMILES string of the molecule is COc1cc(OCC(=O)Nc2ccccc2C)ccc1[N+](=O)[O-]. The highest BCUT2D eigenvalue weighted by Gasteiger charge is 2.15. The highest BCUT2D eigenvalue weighted by molar-refractivity contribution is 5.92. The van der Waals surface area contributed by atoms with Crippen molar-refractivity contribution < 1.29 is 19.2 Å². The molecule has 1 amide bonds. The van der Waals surface area contributed by atoms with Crippen LogP contribution in [-0.2, 0) is 4.79 Å². The molecular weight excluding hydrogens is 300 g/mol. The first-order valence-electron chi connectivity index (χ1n) is 6.82. The van der Waals surface area contributed by atoms with Crippen LogP contribution in [0.3, 0.4) is 0 Å². The minimum absolute atomic E-state index is 0.0758. The van der Waals surface area contributed by atoms with Gasteiger partial charge in [-0.2, -0.15) is 0 Å². The van der Waals surface area contributed by atoms with E-state index in [0.717, 1.165) is 5.56 Å². The molecule has 0 unspecified atom stereocenters. The van der Waals surface area contributed by atoms with Crippen LogP contribution in [0.5, 0.6) is 11.5 Å². The number of methoxy groups -OCH3 is 1. The summed E-state index contributed by atoms with van der Waals surface area (Å²) in [6.45, 7) is 1.67. The van der Waals surface area contributed by atoms with Crippen LogP contribution in [0.1, 0.15) is 5.56 Å². The zero-order valence-corrected chi connectivity index (χ0v) is 12.7. The number of carbonyl (C=O) groups excluding carboxylic acids is 1. The summed E-state index contributed by atoms with van der Waals surface area (Å²) < 4.78 is 10.3. The van der Waals surface area contributed by atoms with Crippen LogP contribution in [-0.4, -0.2) is 24.5 Å². The molecule has 7 nitrogen and oxygen atoms in total. The van der Waals surface area contributed by atoms with E-state index in [-0.39, 0.29) is 24.0 Å². The Bertz CT molecular complexity index is 730. The molecule has 0 aromatic heterocycles. The van der Waals surface area contributed by atoms with Gasteiger partial charge in [-0.1, -0.05) is 18.2 Å². The molecule has 0 radical (unpaired) electrons. The summed E-state index contributed by atoms with van der Waals surface area (Å²) in [5.41, 5.74) is 1.49. The molecule has 2 rings (SSSR count). The summed E-state index contributed by atoms with van der Waals surface area (Å²) in [6.07, 6.45) is 0. The van der Waals surface area contributed by atoms with Crippen LogP contribution in [0.2, 0.25) is 0 Å². The van der Waals surface area contributed by atoms with Crippen LogP contribution in [0.15, 0.2) is 42.5 Å². The molecule has 7 heteroatoms. The third-order valence-electron chi connectivity index (χ3n) is 3.14. The third kappa shape index (κ3) is 4.19. The summed E-state index contributed by atoms with van der Waals surface area (Å²) in [5.74, 6) is 0.0656. The van der Waals surface area contributed by atoms with Gasteiger partial charge in [-0.05, 0) is 24.6 Å². The molecular formula is C16H16N2O5. The molecule has 120 valence electrons. The fraction of sp³-hybridized carbons (Fsp3) is 0.188. The quantitative estimate of drug-likeness (QED) is 0.653. The zero-order valence-electron chi connectivity index (χ0n) is 12.7. The van der Waals surface area contributed by atoms with Gasteiger partial charge >= 0.3 is 5.69 Å². The maximum atomic E-state index is 11.9. The number of nitro groups is 1. The predicted molar refractivity (Wildman–Crippen MR) is 85.0 cm³/mol. The summed E-state index contributed by atoms with van der Waals surface area (Å²) in [4.78, 5) is 22.2. The molecule has 0 bridgehead atoms. The van der Waals surface area contributed by atoms with E-state index >= 15 is 0 Å². The van der Waals surface area contributed by atoms with Crippen molar-refractivity contribution in [2.24, 2.45) is 0 Å². The van der Waals surface area contributed by atoms with Gasteiger partial charge in [0.2, 0.25) is 5.75 Å². The average molecular weight is 316 g/mol. The molecule has 0 atom stereocenters. The Morgan fingerprint density at radius 1 is 1.26 bits per heavy atom. The Labute approximate surface area is 133 Å². The molecule has 0 spiro atoms. The summed E-state index contributed by atoms with van der Waals surface area (Å²) in [6, 6.07) is 11.4. The van der Waals surface area contributed by atoms with Crippen molar-refractivity contribution in [2.75, 3.05) is 19.0 Å². The van der Waals surface area contributed by atoms with E-state index in [1.807, 2.05) is 25.1 Å². The fourth-order valence-corrected chi connectivity index (χ4v) is 1.95. The van der Waals surface area contributed by atoms with Gasteiger partial charge < -0.3 is 14.8 Å². The van der Waals surface area contributed by atoms with Crippen molar-refractivity contribution in [1.29, 1.82) is 0 Å². The smallest absolute Gasteiger partial charge is 0.311 e. The van der Waals surface area contributed by atoms with Crippen LogP contribution in [0, 0.1) is 17.0 Å². The van der Waals surface area contributed by atoms with Crippen molar-refractivity contribution >= 4 is 17.3 Å². The number of rotatable bonds is 6. The van der Waals surface area contributed by atoms with E-state index in [0.29, 0.717) is 11.4 Å². The van der Waals surface area contributed by atoms with Gasteiger partial charge in [0.25, 0.3) is 5.91 Å². The highest BCUT2D eigenvalue weighted by atomic mass is 16.6. The number of anilines is 1. The predicted octanol–water partition coefficient (Wildman–Crippen LogP) is 2.93. The molecule has 0 fully saturated rings. The van der Waals surface area contributed by atoms with E-state index in [2.05, 4.69) is 5.32 Å². The number of amides is 1. The minimum Gasteiger partial charge on any atom is -0.490 e. The molecule has 0 aliphatic rings. The molecule has 1 N–H and O–H groups in total. The maximum absolute atomic E-state index is 11.9. The Hall–Kier alpha value is -3.09. The second kappa shape index (κ2) is 7.26. The van der Waals surface area contributed by atoms with Crippen molar-refractivity contribution in [3.8, 4) is 11.5 Å². The lowest BCUT2D eigenvalue weighted by Crippen LogP contribution is -2.20. The Morgan fingerprint density at radius 3 is 2.65 bits per heavy atom. The van der Waals surface area contributed by atoms with Gasteiger partial charge in [-0.25, -0.2) is 0 Å². The lowest BCUT2D eigenvalue weighted by atomic mass is 10.2. The van der Waals surface area contributed by atoms with Gasteiger partial charge in [-0.3, -0.25) is 14.9 Å². The second-order valence-electron chi connectivity index (χ2n) is 4.74. The van der Waals surface area contributed by atoms with E-state index in [9.17, 15) is 14.9 Å². The van der Waals surface area contributed by atoms with Crippen molar-refractivity contribution in [1.82, 2.24) is 0 Å². The van der Waals surface area contributed by atoms with E-state index in [4.69, 9.17) is 9.47 Å². The van der Waals surface area contributed by atoms with Gasteiger partial charge in [-0.15, -0.1) is 0 Å². The Kier molecular flexibility index (Phi) is 5.14. The van der Waals surface area contributed by atoms with Crippen molar-refractivity contribution in [2.45, 2.75) is 6.92 Å². The van der Waals surface area contributed by atoms with Crippen LogP contribution >= 0.6 is 0 Å². The first-order chi connectivity index (χ1) is 11.0. The average Bonchev–Trinajstić information content (AvgIpc) is 2.54. The number of nitrogens with one attached hydrogen (secondary N) is 1. The van der Waals surface area contributed by atoms with Crippen LogP contribution < -0.4 is 14.8 Å². The highest BCUT2D eigenvalue weighted by Crippen LogP contribution is 2.30. The lowest BCUT2D eigenvalue weighted by molar-refractivity contribution is -0.385. The number of benzene rings is 2. The number of ether oxygens (including phenoxy) is 2. The summed E-state index contributed by atoms with van der Waals surface area (Å²) in [5, 5.41) is 13.5. The Balaban J connectivity index is 1.99. The summed E-state index contributed by atoms with van der Waals surface area (Å²) >= 11 is 0. The van der Waals surface area contributed by atoms with Crippen LogP contribution in [0.25, 0.3) is 0 Å². The largest absolute Gasteiger partial charge is 0.490 e. The van der Waals surface area contributed by atoms with E-state index in [1.54, 1.807) is 6.07 Å². The topological polar surface area (TPSA) is 90.7 Å².